The van der Waals surface area contributed by atoms with Gasteiger partial charge in [0.15, 0.2) is 0 Å². The lowest BCUT2D eigenvalue weighted by Crippen LogP contribution is -2.12. The van der Waals surface area contributed by atoms with Crippen LogP contribution >= 0.6 is 0 Å². The van der Waals surface area contributed by atoms with Gasteiger partial charge in [0.2, 0.25) is 0 Å². The highest BCUT2D eigenvalue weighted by atomic mass is 19.1. The van der Waals surface area contributed by atoms with Gasteiger partial charge in [-0.05, 0) is 72.6 Å². The first kappa shape index (κ1) is 17.9. The lowest BCUT2D eigenvalue weighted by molar-refractivity contribution is 0.328. The van der Waals surface area contributed by atoms with Gasteiger partial charge in [-0.15, -0.1) is 0 Å². The molecule has 0 aliphatic heterocycles. The van der Waals surface area contributed by atoms with Crippen LogP contribution in [0.1, 0.15) is 56.1 Å². The molecule has 0 heterocycles. The second-order valence-electron chi connectivity index (χ2n) is 7.25. The average molecular weight is 336 g/mol. The first-order valence-electron chi connectivity index (χ1n) is 9.70. The number of rotatable bonds is 6. The van der Waals surface area contributed by atoms with Crippen molar-refractivity contribution in [3.05, 3.63) is 71.8 Å². The fourth-order valence-electron chi connectivity index (χ4n) is 3.96. The smallest absolute Gasteiger partial charge is 0.108 e. The molecule has 0 nitrogen and oxygen atoms in total. The van der Waals surface area contributed by atoms with E-state index in [2.05, 4.69) is 55.5 Å². The Morgan fingerprint density at radius 3 is 2.00 bits per heavy atom. The summed E-state index contributed by atoms with van der Waals surface area (Å²) in [6.07, 6.45) is 10.9. The van der Waals surface area contributed by atoms with Crippen LogP contribution in [0.4, 0.5) is 4.39 Å². The number of alkyl halides is 1. The minimum Gasteiger partial charge on any atom is -0.247 e. The topological polar surface area (TPSA) is 0 Å². The summed E-state index contributed by atoms with van der Waals surface area (Å²) in [6, 6.07) is 18.1. The van der Waals surface area contributed by atoms with Crippen LogP contribution in [0.5, 0.6) is 0 Å². The van der Waals surface area contributed by atoms with Crippen LogP contribution in [-0.4, -0.2) is 6.67 Å². The third-order valence-corrected chi connectivity index (χ3v) is 5.65. The van der Waals surface area contributed by atoms with E-state index in [-0.39, 0.29) is 6.67 Å². The second kappa shape index (κ2) is 8.99. The first-order valence-corrected chi connectivity index (χ1v) is 9.70. The van der Waals surface area contributed by atoms with Gasteiger partial charge in [-0.3, -0.25) is 0 Å². The number of aryl methyl sites for hydroxylation is 1. The van der Waals surface area contributed by atoms with E-state index in [0.717, 1.165) is 18.8 Å². The van der Waals surface area contributed by atoms with Gasteiger partial charge in [-0.2, -0.15) is 0 Å². The molecule has 0 aromatic heterocycles. The zero-order chi connectivity index (χ0) is 17.5. The summed E-state index contributed by atoms with van der Waals surface area (Å²) in [4.78, 5) is 0. The SMILES string of the molecule is CCc1ccc(-c2ccc(C3CCC(C/C=C/CF)CC3)cc2)cc1. The zero-order valence-electron chi connectivity index (χ0n) is 15.3. The van der Waals surface area contributed by atoms with E-state index in [0.29, 0.717) is 5.92 Å². The largest absolute Gasteiger partial charge is 0.247 e. The summed E-state index contributed by atoms with van der Waals surface area (Å²) in [5.41, 5.74) is 5.47. The normalized spacial score (nSPS) is 20.9. The monoisotopic (exact) mass is 336 g/mol. The predicted octanol–water partition coefficient (Wildman–Crippen LogP) is 7.11. The molecule has 1 fully saturated rings. The predicted molar refractivity (Wildman–Crippen MR) is 106 cm³/mol. The minimum absolute atomic E-state index is 0.330. The number of hydrogen-bond acceptors (Lipinski definition) is 0. The van der Waals surface area contributed by atoms with Crippen molar-refractivity contribution in [2.75, 3.05) is 6.67 Å². The number of allylic oxidation sites excluding steroid dienone is 2. The summed E-state index contributed by atoms with van der Waals surface area (Å²) in [6.45, 7) is 1.86. The fourth-order valence-corrected chi connectivity index (χ4v) is 3.96. The number of benzene rings is 2. The Labute approximate surface area is 151 Å². The van der Waals surface area contributed by atoms with Crippen LogP contribution in [-0.2, 0) is 6.42 Å². The second-order valence-corrected chi connectivity index (χ2v) is 7.25. The van der Waals surface area contributed by atoms with Crippen molar-refractivity contribution >= 4 is 0 Å². The molecule has 0 N–H and O–H groups in total. The Hall–Kier alpha value is -1.89. The molecular formula is C24H29F. The molecule has 2 aromatic rings. The highest BCUT2D eigenvalue weighted by Crippen LogP contribution is 2.37. The molecule has 0 radical (unpaired) electrons. The molecule has 1 aliphatic carbocycles. The molecule has 3 rings (SSSR count). The van der Waals surface area contributed by atoms with Crippen molar-refractivity contribution in [1.82, 2.24) is 0 Å². The molecule has 0 unspecified atom stereocenters. The summed E-state index contributed by atoms with van der Waals surface area (Å²) >= 11 is 0. The van der Waals surface area contributed by atoms with Crippen molar-refractivity contribution in [2.45, 2.75) is 51.4 Å². The molecule has 0 amide bonds. The Bertz CT molecular complexity index is 658. The molecule has 132 valence electrons. The van der Waals surface area contributed by atoms with Crippen LogP contribution < -0.4 is 0 Å². The van der Waals surface area contributed by atoms with Crippen molar-refractivity contribution < 1.29 is 4.39 Å². The Morgan fingerprint density at radius 1 is 0.840 bits per heavy atom. The number of halogens is 1. The molecule has 1 heteroatoms. The Balaban J connectivity index is 1.58. The van der Waals surface area contributed by atoms with Gasteiger partial charge in [0, 0.05) is 0 Å². The molecule has 0 spiro atoms. The van der Waals surface area contributed by atoms with Crippen molar-refractivity contribution in [3.63, 3.8) is 0 Å². The fraction of sp³-hybridized carbons (Fsp3) is 0.417. The Kier molecular flexibility index (Phi) is 6.44. The highest BCUT2D eigenvalue weighted by Gasteiger charge is 2.21. The van der Waals surface area contributed by atoms with Gasteiger partial charge in [-0.25, -0.2) is 4.39 Å². The van der Waals surface area contributed by atoms with E-state index < -0.39 is 0 Å². The third kappa shape index (κ3) is 4.81. The molecule has 2 aromatic carbocycles. The van der Waals surface area contributed by atoms with Crippen molar-refractivity contribution in [1.29, 1.82) is 0 Å². The van der Waals surface area contributed by atoms with Crippen molar-refractivity contribution in [2.24, 2.45) is 5.92 Å². The van der Waals surface area contributed by atoms with E-state index in [4.69, 9.17) is 0 Å². The van der Waals surface area contributed by atoms with Crippen LogP contribution in [0.3, 0.4) is 0 Å². The summed E-state index contributed by atoms with van der Waals surface area (Å²) in [5, 5.41) is 0. The van der Waals surface area contributed by atoms with Crippen LogP contribution in [0.25, 0.3) is 11.1 Å². The summed E-state index contributed by atoms with van der Waals surface area (Å²) in [7, 11) is 0. The van der Waals surface area contributed by atoms with Crippen molar-refractivity contribution in [3.8, 4) is 11.1 Å². The van der Waals surface area contributed by atoms with Gasteiger partial charge in [0.1, 0.15) is 6.67 Å². The van der Waals surface area contributed by atoms with Gasteiger partial charge in [-0.1, -0.05) is 67.6 Å². The van der Waals surface area contributed by atoms with E-state index in [9.17, 15) is 4.39 Å². The zero-order valence-corrected chi connectivity index (χ0v) is 15.3. The standard InChI is InChI=1S/C24H29F/c1-2-19-6-10-21(11-7-19)23-14-16-24(17-15-23)22-12-8-20(9-13-22)5-3-4-18-25/h3-4,6-7,10-11,14-17,20,22H,2,5,8-9,12-13,18H2,1H3/b4-3+. The summed E-state index contributed by atoms with van der Waals surface area (Å²) < 4.78 is 12.1. The highest BCUT2D eigenvalue weighted by molar-refractivity contribution is 5.64. The van der Waals surface area contributed by atoms with E-state index in [1.54, 1.807) is 6.08 Å². The molecule has 0 saturated heterocycles. The lowest BCUT2D eigenvalue weighted by Gasteiger charge is -2.28. The minimum atomic E-state index is -0.330. The molecular weight excluding hydrogens is 307 g/mol. The summed E-state index contributed by atoms with van der Waals surface area (Å²) in [5.74, 6) is 1.44. The molecule has 25 heavy (non-hydrogen) atoms. The maximum atomic E-state index is 12.1. The first-order chi connectivity index (χ1) is 12.3. The Morgan fingerprint density at radius 2 is 1.44 bits per heavy atom. The maximum Gasteiger partial charge on any atom is 0.108 e. The van der Waals surface area contributed by atoms with Crippen LogP contribution in [0, 0.1) is 5.92 Å². The van der Waals surface area contributed by atoms with Gasteiger partial charge in [0.05, 0.1) is 0 Å². The van der Waals surface area contributed by atoms with E-state index in [1.165, 1.54) is 47.9 Å². The maximum absolute atomic E-state index is 12.1. The molecule has 1 aliphatic rings. The van der Waals surface area contributed by atoms with E-state index in [1.807, 2.05) is 6.08 Å². The molecule has 1 saturated carbocycles. The molecule has 0 bridgehead atoms. The molecule has 0 atom stereocenters. The number of hydrogen-bond donors (Lipinski definition) is 0. The quantitative estimate of drug-likeness (QED) is 0.493. The lowest BCUT2D eigenvalue weighted by atomic mass is 9.77. The van der Waals surface area contributed by atoms with Gasteiger partial charge >= 0.3 is 0 Å². The average Bonchev–Trinajstić information content (AvgIpc) is 2.69. The van der Waals surface area contributed by atoms with Gasteiger partial charge in [0.25, 0.3) is 0 Å². The van der Waals surface area contributed by atoms with Crippen LogP contribution in [0.15, 0.2) is 60.7 Å². The van der Waals surface area contributed by atoms with Gasteiger partial charge < -0.3 is 0 Å². The third-order valence-electron chi connectivity index (χ3n) is 5.65. The van der Waals surface area contributed by atoms with Crippen LogP contribution in [0.2, 0.25) is 0 Å². The van der Waals surface area contributed by atoms with E-state index >= 15 is 0 Å².